The van der Waals surface area contributed by atoms with Crippen LogP contribution in [0.25, 0.3) is 0 Å². The number of hydrogen-bond acceptors (Lipinski definition) is 7. The molecule has 41 heavy (non-hydrogen) atoms. The van der Waals surface area contributed by atoms with Crippen LogP contribution < -0.4 is 19.1 Å². The summed E-state index contributed by atoms with van der Waals surface area (Å²) in [5.74, 6) is -2.87. The minimum Gasteiger partial charge on any atom is -0.481 e. The van der Waals surface area contributed by atoms with Crippen LogP contribution in [0, 0.1) is 17.5 Å². The first-order valence-corrected chi connectivity index (χ1v) is 12.9. The van der Waals surface area contributed by atoms with Crippen molar-refractivity contribution in [1.29, 1.82) is 0 Å². The first-order valence-electron chi connectivity index (χ1n) is 12.9. The van der Waals surface area contributed by atoms with Crippen molar-refractivity contribution in [2.45, 2.75) is 18.2 Å². The Bertz CT molecular complexity index is 1580. The fourth-order valence-corrected chi connectivity index (χ4v) is 5.68. The maximum Gasteiger partial charge on any atom is 0.323 e. The number of benzene rings is 3. The van der Waals surface area contributed by atoms with Crippen LogP contribution >= 0.6 is 0 Å². The summed E-state index contributed by atoms with van der Waals surface area (Å²) in [6.07, 6.45) is -1.08. The maximum absolute atomic E-state index is 14.7. The Morgan fingerprint density at radius 1 is 0.878 bits per heavy atom. The van der Waals surface area contributed by atoms with Crippen molar-refractivity contribution in [2.24, 2.45) is 0 Å². The summed E-state index contributed by atoms with van der Waals surface area (Å²) in [7, 11) is 2.88. The second-order valence-corrected chi connectivity index (χ2v) is 9.64. The first kappa shape index (κ1) is 26.4. The van der Waals surface area contributed by atoms with Crippen LogP contribution in [0.2, 0.25) is 0 Å². The lowest BCUT2D eigenvalue weighted by atomic mass is 9.69. The number of carbonyl (C=O) groups excluding carboxylic acids is 1. The predicted molar refractivity (Wildman–Crippen MR) is 142 cm³/mol. The van der Waals surface area contributed by atoms with Gasteiger partial charge in [-0.25, -0.2) is 13.2 Å². The second-order valence-electron chi connectivity index (χ2n) is 9.64. The number of amides is 1. The molecule has 1 aromatic heterocycles. The largest absolute Gasteiger partial charge is 0.481 e. The molecule has 0 N–H and O–H groups in total. The Kier molecular flexibility index (Phi) is 6.64. The summed E-state index contributed by atoms with van der Waals surface area (Å²) in [4.78, 5) is 25.8. The monoisotopic (exact) mass is 562 g/mol. The van der Waals surface area contributed by atoms with Gasteiger partial charge in [0.05, 0.1) is 20.3 Å². The minimum absolute atomic E-state index is 0.108. The van der Waals surface area contributed by atoms with Gasteiger partial charge in [-0.2, -0.15) is 9.97 Å². The standard InChI is InChI=1S/C30H25F3N4O4/c1-39-25-16-26(40-2)35-29(34-25)41-27-28(38)37-13-12-36(17-20-22(32)14-19(31)15-23(20)33)24-11-7-6-10-21(24)30(27,37)18-8-4-3-5-9-18/h3-11,14-16,27H,12-13,17H2,1-2H3/t27-,30-/m1/s1. The molecule has 0 saturated carbocycles. The molecule has 1 saturated heterocycles. The van der Waals surface area contributed by atoms with Crippen molar-refractivity contribution in [1.82, 2.24) is 14.9 Å². The highest BCUT2D eigenvalue weighted by molar-refractivity contribution is 5.94. The number of methoxy groups -OCH3 is 2. The number of nitrogens with zero attached hydrogens (tertiary/aromatic N) is 4. The smallest absolute Gasteiger partial charge is 0.323 e. The fraction of sp³-hybridized carbons (Fsp3) is 0.233. The molecule has 4 aromatic rings. The number of aromatic nitrogens is 2. The number of carbonyl (C=O) groups is 1. The average molecular weight is 563 g/mol. The van der Waals surface area contributed by atoms with Gasteiger partial charge in [0.15, 0.2) is 0 Å². The Hall–Kier alpha value is -4.80. The molecule has 0 aliphatic carbocycles. The molecule has 0 unspecified atom stereocenters. The Morgan fingerprint density at radius 3 is 2.17 bits per heavy atom. The van der Waals surface area contributed by atoms with E-state index in [0.29, 0.717) is 23.4 Å². The van der Waals surface area contributed by atoms with Crippen molar-refractivity contribution in [3.05, 3.63) is 107 Å². The van der Waals surface area contributed by atoms with Crippen LogP contribution in [0.3, 0.4) is 0 Å². The zero-order chi connectivity index (χ0) is 28.7. The van der Waals surface area contributed by atoms with Crippen LogP contribution in [0.15, 0.2) is 72.8 Å². The van der Waals surface area contributed by atoms with E-state index in [-0.39, 0.29) is 48.9 Å². The van der Waals surface area contributed by atoms with Gasteiger partial charge in [0, 0.05) is 48.6 Å². The zero-order valence-corrected chi connectivity index (χ0v) is 22.2. The van der Waals surface area contributed by atoms with Gasteiger partial charge in [-0.05, 0) is 11.6 Å². The summed E-state index contributed by atoms with van der Waals surface area (Å²) in [6, 6.07) is 19.4. The third kappa shape index (κ3) is 4.28. The molecule has 3 heterocycles. The SMILES string of the molecule is COc1cc(OC)nc(O[C@@H]2C(=O)N3CCN(Cc4c(F)cc(F)cc4F)c4ccccc4[C@]23c2ccccc2)n1. The molecular formula is C30H25F3N4O4. The number of rotatable bonds is 7. The van der Waals surface area contributed by atoms with Gasteiger partial charge in [-0.1, -0.05) is 48.5 Å². The summed E-state index contributed by atoms with van der Waals surface area (Å²) in [5.41, 5.74) is 0.713. The van der Waals surface area contributed by atoms with Gasteiger partial charge in [0.1, 0.15) is 23.0 Å². The molecule has 0 radical (unpaired) electrons. The number of para-hydroxylation sites is 1. The second kappa shape index (κ2) is 10.3. The highest BCUT2D eigenvalue weighted by atomic mass is 19.1. The van der Waals surface area contributed by atoms with Gasteiger partial charge in [-0.3, -0.25) is 4.79 Å². The van der Waals surface area contributed by atoms with E-state index in [2.05, 4.69) is 9.97 Å². The van der Waals surface area contributed by atoms with E-state index in [0.717, 1.165) is 5.56 Å². The van der Waals surface area contributed by atoms with Crippen LogP contribution in [0.5, 0.6) is 17.8 Å². The van der Waals surface area contributed by atoms with Gasteiger partial charge in [0.2, 0.25) is 17.9 Å². The molecule has 6 rings (SSSR count). The van der Waals surface area contributed by atoms with Crippen LogP contribution in [0.4, 0.5) is 18.9 Å². The van der Waals surface area contributed by atoms with E-state index in [1.54, 1.807) is 9.80 Å². The molecule has 11 heteroatoms. The molecule has 210 valence electrons. The average Bonchev–Trinajstić information content (AvgIpc) is 3.11. The van der Waals surface area contributed by atoms with Crippen molar-refractivity contribution in [2.75, 3.05) is 32.2 Å². The Balaban J connectivity index is 1.49. The van der Waals surface area contributed by atoms with E-state index in [1.165, 1.54) is 20.3 Å². The molecular weight excluding hydrogens is 537 g/mol. The van der Waals surface area contributed by atoms with Crippen LogP contribution in [-0.4, -0.2) is 54.2 Å². The Morgan fingerprint density at radius 2 is 1.51 bits per heavy atom. The summed E-state index contributed by atoms with van der Waals surface area (Å²) in [6.45, 7) is 0.294. The fourth-order valence-electron chi connectivity index (χ4n) is 5.68. The van der Waals surface area contributed by atoms with Gasteiger partial charge >= 0.3 is 6.01 Å². The minimum atomic E-state index is -1.12. The zero-order valence-electron chi connectivity index (χ0n) is 22.2. The number of fused-ring (bicyclic) bond motifs is 3. The topological polar surface area (TPSA) is 77.0 Å². The number of ether oxygens (including phenoxy) is 3. The predicted octanol–water partition coefficient (Wildman–Crippen LogP) is 4.46. The molecule has 8 nitrogen and oxygen atoms in total. The lowest BCUT2D eigenvalue weighted by Crippen LogP contribution is -2.74. The van der Waals surface area contributed by atoms with Gasteiger partial charge in [0.25, 0.3) is 5.91 Å². The lowest BCUT2D eigenvalue weighted by Gasteiger charge is -2.56. The third-order valence-corrected chi connectivity index (χ3v) is 7.51. The van der Waals surface area contributed by atoms with Crippen LogP contribution in [0.1, 0.15) is 16.7 Å². The van der Waals surface area contributed by atoms with Crippen molar-refractivity contribution >= 4 is 11.6 Å². The van der Waals surface area contributed by atoms with Crippen molar-refractivity contribution < 1.29 is 32.2 Å². The first-order chi connectivity index (χ1) is 19.9. The summed E-state index contributed by atoms with van der Waals surface area (Å²) >= 11 is 0. The third-order valence-electron chi connectivity index (χ3n) is 7.51. The van der Waals surface area contributed by atoms with Gasteiger partial charge in [-0.15, -0.1) is 0 Å². The molecule has 2 aliphatic heterocycles. The number of hydrogen-bond donors (Lipinski definition) is 0. The van der Waals surface area contributed by atoms with E-state index >= 15 is 0 Å². The van der Waals surface area contributed by atoms with E-state index in [4.69, 9.17) is 14.2 Å². The van der Waals surface area contributed by atoms with Crippen molar-refractivity contribution in [3.8, 4) is 17.8 Å². The van der Waals surface area contributed by atoms with Gasteiger partial charge < -0.3 is 24.0 Å². The number of β-lactam (4-membered cyclic amide) rings is 1. The molecule has 3 aromatic carbocycles. The molecule has 0 bridgehead atoms. The quantitative estimate of drug-likeness (QED) is 0.308. The lowest BCUT2D eigenvalue weighted by molar-refractivity contribution is -0.176. The molecule has 2 aliphatic rings. The van der Waals surface area contributed by atoms with Crippen LogP contribution in [-0.2, 0) is 16.9 Å². The number of halogens is 3. The van der Waals surface area contributed by atoms with E-state index < -0.39 is 29.1 Å². The maximum atomic E-state index is 14.7. The summed E-state index contributed by atoms with van der Waals surface area (Å²) in [5, 5.41) is 0. The number of anilines is 1. The normalized spacial score (nSPS) is 19.5. The van der Waals surface area contributed by atoms with E-state index in [1.807, 2.05) is 54.6 Å². The van der Waals surface area contributed by atoms with E-state index in [9.17, 15) is 18.0 Å². The van der Waals surface area contributed by atoms with Crippen molar-refractivity contribution in [3.63, 3.8) is 0 Å². The molecule has 2 atom stereocenters. The highest BCUT2D eigenvalue weighted by Crippen LogP contribution is 2.52. The summed E-state index contributed by atoms with van der Waals surface area (Å²) < 4.78 is 59.8. The molecule has 1 fully saturated rings. The Labute approximate surface area is 233 Å². The molecule has 0 spiro atoms. The highest BCUT2D eigenvalue weighted by Gasteiger charge is 2.66. The molecule has 1 amide bonds.